The van der Waals surface area contributed by atoms with E-state index in [-0.39, 0.29) is 5.95 Å². The summed E-state index contributed by atoms with van der Waals surface area (Å²) >= 11 is 0. The van der Waals surface area contributed by atoms with Gasteiger partial charge in [-0.05, 0) is 0 Å². The van der Waals surface area contributed by atoms with Crippen LogP contribution in [0, 0.1) is 0 Å². The monoisotopic (exact) mass is 206 g/mol. The maximum absolute atomic E-state index is 11.3. The minimum atomic E-state index is -0.423. The lowest BCUT2D eigenvalue weighted by molar-refractivity contribution is 0.692. The second-order valence-corrected chi connectivity index (χ2v) is 3.16. The standard InChI is InChI=1S/C8H10N6O/c1-13-2-6(10-4-13)3-14-5-11-7(9)12-8(14)15/h2,4-5H,3H2,1H3,(H2,9,12,15). The number of hydrogen-bond acceptors (Lipinski definition) is 5. The number of hydrogen-bond donors (Lipinski definition) is 1. The lowest BCUT2D eigenvalue weighted by Crippen LogP contribution is -2.25. The molecule has 2 heterocycles. The van der Waals surface area contributed by atoms with Crippen molar-refractivity contribution in [3.63, 3.8) is 0 Å². The predicted octanol–water partition coefficient (Wildman–Crippen LogP) is -0.998. The summed E-state index contributed by atoms with van der Waals surface area (Å²) in [5, 5.41) is 0. The number of imidazole rings is 1. The first-order chi connectivity index (χ1) is 7.15. The van der Waals surface area contributed by atoms with Crippen molar-refractivity contribution in [2.24, 2.45) is 7.05 Å². The molecule has 2 N–H and O–H groups in total. The van der Waals surface area contributed by atoms with Crippen LogP contribution in [0.4, 0.5) is 5.95 Å². The number of aromatic nitrogens is 5. The lowest BCUT2D eigenvalue weighted by Gasteiger charge is -2.00. The molecule has 0 fully saturated rings. The van der Waals surface area contributed by atoms with E-state index >= 15 is 0 Å². The minimum absolute atomic E-state index is 0.0164. The normalized spacial score (nSPS) is 10.5. The summed E-state index contributed by atoms with van der Waals surface area (Å²) in [6.45, 7) is 0.347. The fourth-order valence-electron chi connectivity index (χ4n) is 1.20. The molecule has 2 aromatic rings. The molecule has 7 nitrogen and oxygen atoms in total. The molecule has 0 bridgehead atoms. The number of rotatable bonds is 2. The Morgan fingerprint density at radius 1 is 1.40 bits per heavy atom. The molecule has 15 heavy (non-hydrogen) atoms. The summed E-state index contributed by atoms with van der Waals surface area (Å²) in [6.07, 6.45) is 4.85. The van der Waals surface area contributed by atoms with E-state index in [0.29, 0.717) is 6.54 Å². The van der Waals surface area contributed by atoms with Crippen molar-refractivity contribution in [3.05, 3.63) is 35.0 Å². The van der Waals surface area contributed by atoms with Crippen LogP contribution in [-0.2, 0) is 13.6 Å². The first kappa shape index (κ1) is 9.38. The molecule has 0 unspecified atom stereocenters. The number of anilines is 1. The van der Waals surface area contributed by atoms with Gasteiger partial charge in [0.05, 0.1) is 18.6 Å². The van der Waals surface area contributed by atoms with Crippen molar-refractivity contribution in [2.75, 3.05) is 5.73 Å². The van der Waals surface area contributed by atoms with Gasteiger partial charge in [0.2, 0.25) is 5.95 Å². The van der Waals surface area contributed by atoms with E-state index in [2.05, 4.69) is 15.0 Å². The Balaban J connectivity index is 2.28. The quantitative estimate of drug-likeness (QED) is 0.680. The highest BCUT2D eigenvalue weighted by Crippen LogP contribution is 1.95. The number of aryl methyl sites for hydroxylation is 1. The first-order valence-corrected chi connectivity index (χ1v) is 4.31. The van der Waals surface area contributed by atoms with Crippen molar-refractivity contribution in [2.45, 2.75) is 6.54 Å². The minimum Gasteiger partial charge on any atom is -0.368 e. The zero-order valence-electron chi connectivity index (χ0n) is 8.16. The zero-order chi connectivity index (χ0) is 10.8. The van der Waals surface area contributed by atoms with Gasteiger partial charge < -0.3 is 10.3 Å². The van der Waals surface area contributed by atoms with E-state index in [0.717, 1.165) is 5.69 Å². The Labute approximate surface area is 85.2 Å². The summed E-state index contributed by atoms with van der Waals surface area (Å²) < 4.78 is 3.15. The van der Waals surface area contributed by atoms with Gasteiger partial charge >= 0.3 is 5.69 Å². The van der Waals surface area contributed by atoms with Gasteiger partial charge in [-0.1, -0.05) is 0 Å². The van der Waals surface area contributed by atoms with Gasteiger partial charge in [0.15, 0.2) is 0 Å². The summed E-state index contributed by atoms with van der Waals surface area (Å²) in [5.74, 6) is -0.0164. The molecule has 78 valence electrons. The van der Waals surface area contributed by atoms with Crippen molar-refractivity contribution in [1.29, 1.82) is 0 Å². The summed E-state index contributed by atoms with van der Waals surface area (Å²) in [4.78, 5) is 22.7. The second kappa shape index (κ2) is 3.52. The highest BCUT2D eigenvalue weighted by atomic mass is 16.1. The Bertz CT molecular complexity index is 528. The smallest absolute Gasteiger partial charge is 0.352 e. The average Bonchev–Trinajstić information content (AvgIpc) is 2.56. The van der Waals surface area contributed by atoms with Crippen molar-refractivity contribution in [3.8, 4) is 0 Å². The molecule has 0 radical (unpaired) electrons. The van der Waals surface area contributed by atoms with Gasteiger partial charge in [-0.3, -0.25) is 4.57 Å². The zero-order valence-corrected chi connectivity index (χ0v) is 8.16. The molecule has 0 saturated carbocycles. The molecule has 0 atom stereocenters. The second-order valence-electron chi connectivity index (χ2n) is 3.16. The van der Waals surface area contributed by atoms with E-state index < -0.39 is 5.69 Å². The van der Waals surface area contributed by atoms with Crippen molar-refractivity contribution < 1.29 is 0 Å². The first-order valence-electron chi connectivity index (χ1n) is 4.31. The van der Waals surface area contributed by atoms with Gasteiger partial charge in [0.25, 0.3) is 0 Å². The molecule has 0 saturated heterocycles. The van der Waals surface area contributed by atoms with E-state index in [1.165, 1.54) is 10.9 Å². The molecule has 0 aliphatic heterocycles. The van der Waals surface area contributed by atoms with E-state index in [1.54, 1.807) is 10.9 Å². The molecular formula is C8H10N6O. The highest BCUT2D eigenvalue weighted by Gasteiger charge is 2.02. The molecule has 0 aliphatic carbocycles. The highest BCUT2D eigenvalue weighted by molar-refractivity contribution is 5.10. The third-order valence-electron chi connectivity index (χ3n) is 1.88. The molecule has 2 rings (SSSR count). The SMILES string of the molecule is Cn1cnc(Cn2cnc(N)nc2=O)c1. The van der Waals surface area contributed by atoms with E-state index in [9.17, 15) is 4.79 Å². The maximum Gasteiger partial charge on any atom is 0.352 e. The molecule has 0 amide bonds. The molecular weight excluding hydrogens is 196 g/mol. The Kier molecular flexibility index (Phi) is 2.20. The topological polar surface area (TPSA) is 91.6 Å². The van der Waals surface area contributed by atoms with Crippen LogP contribution in [-0.4, -0.2) is 24.1 Å². The maximum atomic E-state index is 11.3. The third-order valence-corrected chi connectivity index (χ3v) is 1.88. The summed E-state index contributed by atoms with van der Waals surface area (Å²) in [7, 11) is 1.86. The summed E-state index contributed by atoms with van der Waals surface area (Å²) in [6, 6.07) is 0. The molecule has 0 aliphatic rings. The molecule has 7 heteroatoms. The Morgan fingerprint density at radius 2 is 2.20 bits per heavy atom. The molecule has 0 spiro atoms. The van der Waals surface area contributed by atoms with Crippen LogP contribution < -0.4 is 11.4 Å². The van der Waals surface area contributed by atoms with E-state index in [1.807, 2.05) is 13.2 Å². The molecule has 0 aromatic carbocycles. The van der Waals surface area contributed by atoms with Crippen LogP contribution in [0.3, 0.4) is 0 Å². The van der Waals surface area contributed by atoms with Crippen LogP contribution in [0.1, 0.15) is 5.69 Å². The van der Waals surface area contributed by atoms with Gasteiger partial charge in [-0.25, -0.2) is 14.8 Å². The van der Waals surface area contributed by atoms with Crippen molar-refractivity contribution >= 4 is 5.95 Å². The van der Waals surface area contributed by atoms with Crippen LogP contribution in [0.2, 0.25) is 0 Å². The van der Waals surface area contributed by atoms with Gasteiger partial charge in [0, 0.05) is 13.2 Å². The number of nitrogens with zero attached hydrogens (tertiary/aromatic N) is 5. The van der Waals surface area contributed by atoms with Gasteiger partial charge in [0.1, 0.15) is 6.33 Å². The van der Waals surface area contributed by atoms with Gasteiger partial charge in [-0.15, -0.1) is 0 Å². The Hall–Kier alpha value is -2.18. The van der Waals surface area contributed by atoms with Crippen LogP contribution in [0.25, 0.3) is 0 Å². The summed E-state index contributed by atoms with van der Waals surface area (Å²) in [5.41, 5.74) is 5.62. The Morgan fingerprint density at radius 3 is 2.80 bits per heavy atom. The van der Waals surface area contributed by atoms with Crippen molar-refractivity contribution in [1.82, 2.24) is 24.1 Å². The van der Waals surface area contributed by atoms with Crippen LogP contribution >= 0.6 is 0 Å². The molecule has 2 aromatic heterocycles. The fraction of sp³-hybridized carbons (Fsp3) is 0.250. The van der Waals surface area contributed by atoms with Crippen LogP contribution in [0.15, 0.2) is 23.6 Å². The largest absolute Gasteiger partial charge is 0.368 e. The van der Waals surface area contributed by atoms with Gasteiger partial charge in [-0.2, -0.15) is 4.98 Å². The van der Waals surface area contributed by atoms with Crippen LogP contribution in [0.5, 0.6) is 0 Å². The fourth-order valence-corrected chi connectivity index (χ4v) is 1.20. The number of nitrogen functional groups attached to an aromatic ring is 1. The van der Waals surface area contributed by atoms with E-state index in [4.69, 9.17) is 5.73 Å². The average molecular weight is 206 g/mol. The number of nitrogens with two attached hydrogens (primary N) is 1. The third kappa shape index (κ3) is 2.01. The predicted molar refractivity (Wildman–Crippen MR) is 53.0 cm³/mol. The lowest BCUT2D eigenvalue weighted by atomic mass is 10.5.